The van der Waals surface area contributed by atoms with Crippen LogP contribution in [0.25, 0.3) is 0 Å². The monoisotopic (exact) mass is 118 g/mol. The Labute approximate surface area is 47.9 Å². The third kappa shape index (κ3) is 1.50. The van der Waals surface area contributed by atoms with Crippen LogP contribution >= 0.6 is 0 Å². The molecule has 0 heterocycles. The summed E-state index contributed by atoms with van der Waals surface area (Å²) in [5.41, 5.74) is -1.54. The zero-order chi connectivity index (χ0) is 6.78. The van der Waals surface area contributed by atoms with Crippen LogP contribution in [-0.4, -0.2) is 21.8 Å². The zero-order valence-corrected chi connectivity index (χ0v) is 5.01. The van der Waals surface area contributed by atoms with E-state index in [-0.39, 0.29) is 6.42 Å². The number of aliphatic carboxylic acids is 1. The van der Waals surface area contributed by atoms with Crippen LogP contribution in [0, 0.1) is 0 Å². The summed E-state index contributed by atoms with van der Waals surface area (Å²) >= 11 is 0. The number of hydrogen-bond donors (Lipinski definition) is 2. The Balaban J connectivity index is 3.91. The van der Waals surface area contributed by atoms with E-state index in [1.54, 1.807) is 6.92 Å². The topological polar surface area (TPSA) is 57.5 Å². The van der Waals surface area contributed by atoms with Gasteiger partial charge < -0.3 is 10.2 Å². The van der Waals surface area contributed by atoms with Crippen LogP contribution in [0.15, 0.2) is 0 Å². The van der Waals surface area contributed by atoms with Gasteiger partial charge in [0.1, 0.15) is 0 Å². The minimum atomic E-state index is -1.54. The molecule has 0 bridgehead atoms. The Morgan fingerprint density at radius 2 is 2.12 bits per heavy atom. The lowest BCUT2D eigenvalue weighted by atomic mass is 10.1. The molecule has 0 radical (unpaired) electrons. The van der Waals surface area contributed by atoms with Gasteiger partial charge in [-0.25, -0.2) is 4.79 Å². The molecule has 0 spiro atoms. The lowest BCUT2D eigenvalue weighted by molar-refractivity contribution is -0.156. The molecule has 0 amide bonds. The van der Waals surface area contributed by atoms with Gasteiger partial charge in [-0.1, -0.05) is 6.92 Å². The van der Waals surface area contributed by atoms with Crippen molar-refractivity contribution in [1.82, 2.24) is 0 Å². The van der Waals surface area contributed by atoms with Crippen molar-refractivity contribution in [3.05, 3.63) is 0 Å². The first kappa shape index (κ1) is 7.43. The maximum Gasteiger partial charge on any atom is 0.335 e. The van der Waals surface area contributed by atoms with E-state index in [0.717, 1.165) is 0 Å². The van der Waals surface area contributed by atoms with Crippen LogP contribution in [0.3, 0.4) is 0 Å². The van der Waals surface area contributed by atoms with Crippen molar-refractivity contribution in [3.63, 3.8) is 0 Å². The highest BCUT2D eigenvalue weighted by Gasteiger charge is 2.26. The fraction of sp³-hybridized carbons (Fsp3) is 0.800. The smallest absolute Gasteiger partial charge is 0.335 e. The summed E-state index contributed by atoms with van der Waals surface area (Å²) in [6.07, 6.45) is 0.238. The van der Waals surface area contributed by atoms with Crippen LogP contribution in [0.5, 0.6) is 0 Å². The molecular weight excluding hydrogens is 108 g/mol. The van der Waals surface area contributed by atoms with Gasteiger partial charge in [-0.3, -0.25) is 0 Å². The van der Waals surface area contributed by atoms with Gasteiger partial charge in [0.25, 0.3) is 0 Å². The SMILES string of the molecule is CCC(C)(O)C(=O)O. The van der Waals surface area contributed by atoms with Crippen molar-refractivity contribution in [2.45, 2.75) is 25.9 Å². The van der Waals surface area contributed by atoms with Crippen molar-refractivity contribution in [1.29, 1.82) is 0 Å². The highest BCUT2D eigenvalue weighted by molar-refractivity contribution is 5.76. The van der Waals surface area contributed by atoms with E-state index in [1.165, 1.54) is 6.92 Å². The Kier molecular flexibility index (Phi) is 1.98. The van der Waals surface area contributed by atoms with E-state index >= 15 is 0 Å². The maximum absolute atomic E-state index is 10.0. The summed E-state index contributed by atoms with van der Waals surface area (Å²) in [5, 5.41) is 17.0. The molecule has 8 heavy (non-hydrogen) atoms. The molecule has 1 atom stereocenters. The van der Waals surface area contributed by atoms with Gasteiger partial charge >= 0.3 is 5.97 Å². The molecule has 0 saturated carbocycles. The fourth-order valence-corrected chi connectivity index (χ4v) is 0.151. The van der Waals surface area contributed by atoms with Gasteiger partial charge in [-0.15, -0.1) is 0 Å². The molecular formula is C5H10O3. The Morgan fingerprint density at radius 3 is 2.12 bits per heavy atom. The summed E-state index contributed by atoms with van der Waals surface area (Å²) in [6, 6.07) is 0. The van der Waals surface area contributed by atoms with E-state index in [9.17, 15) is 4.79 Å². The highest BCUT2D eigenvalue weighted by Crippen LogP contribution is 2.06. The number of carbonyl (C=O) groups is 1. The van der Waals surface area contributed by atoms with Crippen LogP contribution in [-0.2, 0) is 4.79 Å². The lowest BCUT2D eigenvalue weighted by Crippen LogP contribution is -2.33. The van der Waals surface area contributed by atoms with Crippen molar-refractivity contribution in [3.8, 4) is 0 Å². The molecule has 2 N–H and O–H groups in total. The molecule has 0 fully saturated rings. The van der Waals surface area contributed by atoms with E-state index in [2.05, 4.69) is 0 Å². The predicted molar refractivity (Wildman–Crippen MR) is 28.6 cm³/mol. The second-order valence-electron chi connectivity index (χ2n) is 1.93. The van der Waals surface area contributed by atoms with Gasteiger partial charge in [0.2, 0.25) is 0 Å². The van der Waals surface area contributed by atoms with E-state index in [1.807, 2.05) is 0 Å². The molecule has 0 saturated heterocycles. The van der Waals surface area contributed by atoms with Crippen molar-refractivity contribution in [2.75, 3.05) is 0 Å². The minimum Gasteiger partial charge on any atom is -0.479 e. The molecule has 0 aromatic carbocycles. The molecule has 0 aromatic rings. The highest BCUT2D eigenvalue weighted by atomic mass is 16.4. The summed E-state index contributed by atoms with van der Waals surface area (Å²) in [5.74, 6) is -1.17. The average Bonchev–Trinajstić information content (AvgIpc) is 1.67. The molecule has 0 aliphatic heterocycles. The van der Waals surface area contributed by atoms with Gasteiger partial charge in [-0.05, 0) is 13.3 Å². The maximum atomic E-state index is 10.0. The van der Waals surface area contributed by atoms with Crippen LogP contribution in [0.1, 0.15) is 20.3 Å². The first-order valence-electron chi connectivity index (χ1n) is 2.46. The summed E-state index contributed by atoms with van der Waals surface area (Å²) in [6.45, 7) is 2.89. The Bertz CT molecular complexity index is 95.8. The minimum absolute atomic E-state index is 0.238. The second-order valence-corrected chi connectivity index (χ2v) is 1.93. The summed E-state index contributed by atoms with van der Waals surface area (Å²) < 4.78 is 0. The van der Waals surface area contributed by atoms with Crippen LogP contribution < -0.4 is 0 Å². The number of hydrogen-bond acceptors (Lipinski definition) is 2. The molecule has 0 aliphatic rings. The number of carboxylic acid groups (broad SMARTS) is 1. The average molecular weight is 118 g/mol. The number of carboxylic acids is 1. The first-order valence-corrected chi connectivity index (χ1v) is 2.46. The zero-order valence-electron chi connectivity index (χ0n) is 5.01. The molecule has 48 valence electrons. The molecule has 3 nitrogen and oxygen atoms in total. The van der Waals surface area contributed by atoms with E-state index < -0.39 is 11.6 Å². The predicted octanol–water partition coefficient (Wildman–Crippen LogP) is 0.232. The van der Waals surface area contributed by atoms with Gasteiger partial charge in [-0.2, -0.15) is 0 Å². The van der Waals surface area contributed by atoms with Crippen molar-refractivity contribution < 1.29 is 15.0 Å². The summed E-state index contributed by atoms with van der Waals surface area (Å²) in [7, 11) is 0. The molecule has 0 aromatic heterocycles. The third-order valence-corrected chi connectivity index (χ3v) is 1.15. The standard InChI is InChI=1S/C5H10O3/c1-3-5(2,8)4(6)7/h8H,3H2,1-2H3,(H,6,7). The van der Waals surface area contributed by atoms with Crippen molar-refractivity contribution >= 4 is 5.97 Å². The Hall–Kier alpha value is -0.570. The first-order chi connectivity index (χ1) is 3.50. The summed E-state index contributed by atoms with van der Waals surface area (Å²) in [4.78, 5) is 10.0. The molecule has 1 unspecified atom stereocenters. The molecule has 0 rings (SSSR count). The number of rotatable bonds is 2. The van der Waals surface area contributed by atoms with Crippen LogP contribution in [0.4, 0.5) is 0 Å². The normalized spacial score (nSPS) is 17.4. The number of aliphatic hydroxyl groups is 1. The molecule has 0 aliphatic carbocycles. The Morgan fingerprint density at radius 1 is 1.75 bits per heavy atom. The second kappa shape index (κ2) is 2.13. The quantitative estimate of drug-likeness (QED) is 0.545. The van der Waals surface area contributed by atoms with E-state index in [0.29, 0.717) is 0 Å². The van der Waals surface area contributed by atoms with Gasteiger partial charge in [0.15, 0.2) is 5.60 Å². The van der Waals surface area contributed by atoms with Crippen molar-refractivity contribution in [2.24, 2.45) is 0 Å². The molecule has 3 heteroatoms. The largest absolute Gasteiger partial charge is 0.479 e. The van der Waals surface area contributed by atoms with E-state index in [4.69, 9.17) is 10.2 Å². The van der Waals surface area contributed by atoms with Crippen LogP contribution in [0.2, 0.25) is 0 Å². The fourth-order valence-electron chi connectivity index (χ4n) is 0.151. The van der Waals surface area contributed by atoms with Gasteiger partial charge in [0.05, 0.1) is 0 Å². The third-order valence-electron chi connectivity index (χ3n) is 1.15. The lowest BCUT2D eigenvalue weighted by Gasteiger charge is -2.13. The van der Waals surface area contributed by atoms with Gasteiger partial charge in [0, 0.05) is 0 Å².